The minimum absolute atomic E-state index is 0.0976. The summed E-state index contributed by atoms with van der Waals surface area (Å²) < 4.78 is 16.9. The van der Waals surface area contributed by atoms with Gasteiger partial charge >= 0.3 is 17.9 Å². The highest BCUT2D eigenvalue weighted by molar-refractivity contribution is 5.71. The molecule has 0 rings (SSSR count). The molecule has 0 N–H and O–H groups in total. The molecule has 79 heavy (non-hydrogen) atoms. The monoisotopic (exact) mass is 1100 g/mol. The van der Waals surface area contributed by atoms with Crippen LogP contribution >= 0.6 is 0 Å². The minimum atomic E-state index is -0.808. The molecule has 0 aliphatic heterocycles. The van der Waals surface area contributed by atoms with Gasteiger partial charge in [-0.25, -0.2) is 0 Å². The third kappa shape index (κ3) is 65.0. The van der Waals surface area contributed by atoms with Crippen molar-refractivity contribution in [3.63, 3.8) is 0 Å². The Balaban J connectivity index is 4.41. The molecule has 0 aromatic rings. The van der Waals surface area contributed by atoms with Crippen LogP contribution in [0.2, 0.25) is 0 Å². The van der Waals surface area contributed by atoms with Crippen molar-refractivity contribution in [3.8, 4) is 0 Å². The largest absolute Gasteiger partial charge is 0.462 e. The number of ether oxygens (including phenoxy) is 3. The van der Waals surface area contributed by atoms with E-state index in [0.29, 0.717) is 19.3 Å². The minimum Gasteiger partial charge on any atom is -0.462 e. The van der Waals surface area contributed by atoms with Gasteiger partial charge < -0.3 is 14.2 Å². The summed E-state index contributed by atoms with van der Waals surface area (Å²) in [7, 11) is 0. The van der Waals surface area contributed by atoms with Crippen molar-refractivity contribution < 1.29 is 28.6 Å². The fraction of sp³-hybridized carbons (Fsp3) is 0.740. The predicted molar refractivity (Wildman–Crippen MR) is 344 cm³/mol. The van der Waals surface area contributed by atoms with E-state index in [4.69, 9.17) is 14.2 Å². The summed E-state index contributed by atoms with van der Waals surface area (Å²) in [6.07, 6.45) is 90.0. The Kier molecular flexibility index (Phi) is 63.7. The van der Waals surface area contributed by atoms with Gasteiger partial charge in [0.1, 0.15) is 13.2 Å². The van der Waals surface area contributed by atoms with Crippen LogP contribution in [-0.2, 0) is 28.6 Å². The maximum atomic E-state index is 12.9. The first kappa shape index (κ1) is 75.3. The van der Waals surface area contributed by atoms with Crippen LogP contribution in [0.25, 0.3) is 0 Å². The van der Waals surface area contributed by atoms with Gasteiger partial charge in [0.15, 0.2) is 6.10 Å². The van der Waals surface area contributed by atoms with Gasteiger partial charge in [0, 0.05) is 19.3 Å². The average Bonchev–Trinajstić information content (AvgIpc) is 3.45. The molecule has 6 nitrogen and oxygen atoms in total. The van der Waals surface area contributed by atoms with Crippen LogP contribution in [-0.4, -0.2) is 37.2 Å². The zero-order chi connectivity index (χ0) is 57.1. The molecule has 0 aromatic carbocycles. The second kappa shape index (κ2) is 66.8. The van der Waals surface area contributed by atoms with Crippen LogP contribution < -0.4 is 0 Å². The average molecular weight is 1100 g/mol. The number of carbonyl (C=O) groups excluding carboxylic acids is 3. The first-order valence-electron chi connectivity index (χ1n) is 33.7. The summed E-state index contributed by atoms with van der Waals surface area (Å²) in [6.45, 7) is 6.50. The summed E-state index contributed by atoms with van der Waals surface area (Å²) in [5.41, 5.74) is 0. The molecule has 0 saturated heterocycles. The number of rotatable bonds is 61. The summed E-state index contributed by atoms with van der Waals surface area (Å²) in [6, 6.07) is 0. The van der Waals surface area contributed by atoms with Gasteiger partial charge in [-0.2, -0.15) is 0 Å². The standard InChI is InChI=1S/C73H126O6/c1-4-7-10-13-16-19-22-25-28-31-33-35-36-37-39-40-42-45-48-51-54-57-60-63-66-72(75)78-69-70(68-77-71(74)65-62-59-56-53-50-47-44-30-27-24-21-18-15-12-9-6-3)79-73(76)67-64-61-58-55-52-49-46-43-41-38-34-32-29-26-23-20-17-14-11-8-5-2/h8,11,17,20-21,24,26,29-30,34,38,43-44,46,52,55,70H,4-7,9-10,12-16,18-19,22-23,25,27-28,31-33,35-37,39-42,45,47-51,53-54,56-69H2,1-3H3/b11-8-,20-17-,24-21-,29-26-,38-34-,44-30-,46-43-,55-52-. The molecule has 0 bridgehead atoms. The lowest BCUT2D eigenvalue weighted by atomic mass is 10.0. The van der Waals surface area contributed by atoms with Crippen molar-refractivity contribution in [3.05, 3.63) is 97.2 Å². The van der Waals surface area contributed by atoms with E-state index in [9.17, 15) is 14.4 Å². The maximum Gasteiger partial charge on any atom is 0.306 e. The maximum absolute atomic E-state index is 12.9. The van der Waals surface area contributed by atoms with E-state index in [-0.39, 0.29) is 37.5 Å². The third-order valence-corrected chi connectivity index (χ3v) is 14.6. The highest BCUT2D eigenvalue weighted by atomic mass is 16.6. The van der Waals surface area contributed by atoms with Crippen molar-refractivity contribution in [1.82, 2.24) is 0 Å². The lowest BCUT2D eigenvalue weighted by molar-refractivity contribution is -0.167. The number of esters is 3. The van der Waals surface area contributed by atoms with Gasteiger partial charge in [-0.15, -0.1) is 0 Å². The fourth-order valence-electron chi connectivity index (χ4n) is 9.54. The molecule has 454 valence electrons. The zero-order valence-corrected chi connectivity index (χ0v) is 52.1. The van der Waals surface area contributed by atoms with Gasteiger partial charge in [-0.3, -0.25) is 14.4 Å². The molecule has 1 unspecified atom stereocenters. The first-order chi connectivity index (χ1) is 39.0. The molecule has 0 amide bonds. The molecule has 0 radical (unpaired) electrons. The second-order valence-corrected chi connectivity index (χ2v) is 22.4. The van der Waals surface area contributed by atoms with Crippen LogP contribution in [0.15, 0.2) is 97.2 Å². The Hall–Kier alpha value is -3.67. The van der Waals surface area contributed by atoms with Crippen molar-refractivity contribution in [2.24, 2.45) is 0 Å². The van der Waals surface area contributed by atoms with Gasteiger partial charge in [0.05, 0.1) is 0 Å². The SMILES string of the molecule is CC/C=C\C/C=C\C/C=C\C/C=C\C/C=C\C/C=C\CCCCC(=O)OC(COC(=O)CCCCCCC/C=C\C/C=C\CCCCCC)COC(=O)CCCCCCCCCCCCCCCCCCCCCCCCCC. The van der Waals surface area contributed by atoms with Gasteiger partial charge in [0.2, 0.25) is 0 Å². The molecule has 0 aliphatic carbocycles. The quantitative estimate of drug-likeness (QED) is 0.0261. The molecule has 0 aromatic heterocycles. The van der Waals surface area contributed by atoms with Crippen LogP contribution in [0.3, 0.4) is 0 Å². The highest BCUT2D eigenvalue weighted by Crippen LogP contribution is 2.17. The zero-order valence-electron chi connectivity index (χ0n) is 52.1. The molecule has 0 spiro atoms. The van der Waals surface area contributed by atoms with Crippen molar-refractivity contribution in [2.75, 3.05) is 13.2 Å². The molecule has 1 atom stereocenters. The lowest BCUT2D eigenvalue weighted by Crippen LogP contribution is -2.30. The Bertz CT molecular complexity index is 1540. The van der Waals surface area contributed by atoms with E-state index in [1.54, 1.807) is 0 Å². The lowest BCUT2D eigenvalue weighted by Gasteiger charge is -2.18. The Morgan fingerprint density at radius 2 is 0.494 bits per heavy atom. The summed E-state index contributed by atoms with van der Waals surface area (Å²) >= 11 is 0. The molecular formula is C73H126O6. The molecule has 0 heterocycles. The summed E-state index contributed by atoms with van der Waals surface area (Å²) in [5.74, 6) is -0.942. The van der Waals surface area contributed by atoms with Crippen molar-refractivity contribution in [2.45, 2.75) is 335 Å². The highest BCUT2D eigenvalue weighted by Gasteiger charge is 2.19. The predicted octanol–water partition coefficient (Wildman–Crippen LogP) is 23.2. The molecule has 6 heteroatoms. The van der Waals surface area contributed by atoms with Crippen LogP contribution in [0.5, 0.6) is 0 Å². The van der Waals surface area contributed by atoms with E-state index in [1.165, 1.54) is 167 Å². The number of unbranched alkanes of at least 4 members (excludes halogenated alkanes) is 34. The fourth-order valence-corrected chi connectivity index (χ4v) is 9.54. The van der Waals surface area contributed by atoms with Gasteiger partial charge in [-0.05, 0) is 103 Å². The number of hydrogen-bond donors (Lipinski definition) is 0. The number of allylic oxidation sites excluding steroid dienone is 16. The molecule has 0 saturated carbocycles. The van der Waals surface area contributed by atoms with Crippen molar-refractivity contribution in [1.29, 1.82) is 0 Å². The summed E-state index contributed by atoms with van der Waals surface area (Å²) in [5, 5.41) is 0. The third-order valence-electron chi connectivity index (χ3n) is 14.6. The van der Waals surface area contributed by atoms with E-state index in [0.717, 1.165) is 116 Å². The van der Waals surface area contributed by atoms with Gasteiger partial charge in [-0.1, -0.05) is 304 Å². The van der Waals surface area contributed by atoms with Crippen molar-refractivity contribution >= 4 is 17.9 Å². The topological polar surface area (TPSA) is 78.9 Å². The Morgan fingerprint density at radius 3 is 0.810 bits per heavy atom. The molecular weight excluding hydrogens is 973 g/mol. The molecule has 0 fully saturated rings. The summed E-state index contributed by atoms with van der Waals surface area (Å²) in [4.78, 5) is 38.4. The van der Waals surface area contributed by atoms with E-state index < -0.39 is 6.10 Å². The number of hydrogen-bond acceptors (Lipinski definition) is 6. The smallest absolute Gasteiger partial charge is 0.306 e. The van der Waals surface area contributed by atoms with Crippen LogP contribution in [0.4, 0.5) is 0 Å². The Morgan fingerprint density at radius 1 is 0.266 bits per heavy atom. The van der Waals surface area contributed by atoms with Crippen LogP contribution in [0.1, 0.15) is 329 Å². The van der Waals surface area contributed by atoms with Crippen LogP contribution in [0, 0.1) is 0 Å². The Labute approximate surface area is 489 Å². The van der Waals surface area contributed by atoms with E-state index in [1.807, 2.05) is 0 Å². The first-order valence-corrected chi connectivity index (χ1v) is 33.7. The van der Waals surface area contributed by atoms with E-state index in [2.05, 4.69) is 118 Å². The second-order valence-electron chi connectivity index (χ2n) is 22.4. The van der Waals surface area contributed by atoms with E-state index >= 15 is 0 Å². The van der Waals surface area contributed by atoms with Gasteiger partial charge in [0.25, 0.3) is 0 Å². The normalized spacial score (nSPS) is 12.7. The molecule has 0 aliphatic rings. The number of carbonyl (C=O) groups is 3.